The van der Waals surface area contributed by atoms with Crippen LogP contribution in [0.5, 0.6) is 0 Å². The van der Waals surface area contributed by atoms with Crippen LogP contribution in [0.4, 0.5) is 17.1 Å². The van der Waals surface area contributed by atoms with Crippen molar-refractivity contribution < 1.29 is 0 Å². The molecule has 0 heterocycles. The van der Waals surface area contributed by atoms with E-state index in [1.54, 1.807) is 0 Å². The standard InChI is InChI=1S/C61H49N/c1-4-15-44-28-34-49(35-29-44)62(50-36-38-54-52-20-11-13-22-56(52)60(58(54)40-50,45-16-7-5-8-17-45)47-30-24-42(2)25-31-47)51-37-39-55-53-21-12-14-23-57(53)61(59(55)41-51,46-18-9-6-10-19-46)48-32-26-43(3)27-33-48/h5-14,16-41H,4,15H2,1-3H3. The van der Waals surface area contributed by atoms with Crippen LogP contribution in [0.1, 0.15) is 74.5 Å². The van der Waals surface area contributed by atoms with Crippen LogP contribution >= 0.6 is 0 Å². The van der Waals surface area contributed by atoms with E-state index in [0.717, 1.165) is 29.9 Å². The zero-order valence-electron chi connectivity index (χ0n) is 35.6. The summed E-state index contributed by atoms with van der Waals surface area (Å²) in [5.41, 5.74) is 21.7. The molecule has 0 amide bonds. The van der Waals surface area contributed by atoms with Gasteiger partial charge in [0.15, 0.2) is 0 Å². The number of anilines is 3. The third-order valence-electron chi connectivity index (χ3n) is 13.7. The maximum absolute atomic E-state index is 2.50. The Kier molecular flexibility index (Phi) is 9.16. The Hall–Kier alpha value is -7.22. The van der Waals surface area contributed by atoms with Gasteiger partial charge in [0.05, 0.1) is 10.8 Å². The van der Waals surface area contributed by atoms with Crippen molar-refractivity contribution in [2.75, 3.05) is 4.90 Å². The van der Waals surface area contributed by atoms with Crippen molar-refractivity contribution in [1.29, 1.82) is 0 Å². The highest BCUT2D eigenvalue weighted by molar-refractivity contribution is 5.92. The Balaban J connectivity index is 1.19. The van der Waals surface area contributed by atoms with E-state index in [2.05, 4.69) is 244 Å². The topological polar surface area (TPSA) is 3.24 Å². The lowest BCUT2D eigenvalue weighted by Gasteiger charge is -2.36. The molecule has 2 aliphatic carbocycles. The molecule has 0 N–H and O–H groups in total. The maximum atomic E-state index is 2.50. The van der Waals surface area contributed by atoms with Gasteiger partial charge in [0.1, 0.15) is 0 Å². The molecule has 2 aliphatic rings. The van der Waals surface area contributed by atoms with Crippen molar-refractivity contribution in [3.05, 3.63) is 280 Å². The molecule has 0 spiro atoms. The van der Waals surface area contributed by atoms with Crippen LogP contribution in [-0.2, 0) is 17.3 Å². The molecular formula is C61H49N. The Labute approximate surface area is 366 Å². The molecule has 0 aliphatic heterocycles. The molecule has 9 aromatic carbocycles. The van der Waals surface area contributed by atoms with Gasteiger partial charge in [-0.15, -0.1) is 0 Å². The van der Waals surface area contributed by atoms with E-state index in [1.165, 1.54) is 83.5 Å². The largest absolute Gasteiger partial charge is 0.310 e. The van der Waals surface area contributed by atoms with Crippen LogP contribution in [0, 0.1) is 13.8 Å². The van der Waals surface area contributed by atoms with Gasteiger partial charge in [0.25, 0.3) is 0 Å². The van der Waals surface area contributed by atoms with Crippen molar-refractivity contribution >= 4 is 17.1 Å². The molecule has 62 heavy (non-hydrogen) atoms. The lowest BCUT2D eigenvalue weighted by atomic mass is 9.67. The van der Waals surface area contributed by atoms with Gasteiger partial charge in [-0.05, 0) is 129 Å². The van der Waals surface area contributed by atoms with Gasteiger partial charge >= 0.3 is 0 Å². The summed E-state index contributed by atoms with van der Waals surface area (Å²) in [4.78, 5) is 2.50. The smallest absolute Gasteiger partial charge is 0.0714 e. The summed E-state index contributed by atoms with van der Waals surface area (Å²) in [6.45, 7) is 6.61. The summed E-state index contributed by atoms with van der Waals surface area (Å²) in [6.07, 6.45) is 2.17. The molecule has 1 nitrogen and oxygen atoms in total. The zero-order chi connectivity index (χ0) is 41.8. The second kappa shape index (κ2) is 15.0. The Morgan fingerprint density at radius 3 is 1.15 bits per heavy atom. The molecule has 0 bridgehead atoms. The molecule has 298 valence electrons. The normalized spacial score (nSPS) is 16.9. The second-order valence-corrected chi connectivity index (χ2v) is 17.3. The molecule has 0 aromatic heterocycles. The highest BCUT2D eigenvalue weighted by atomic mass is 15.1. The van der Waals surface area contributed by atoms with Gasteiger partial charge in [-0.2, -0.15) is 0 Å². The van der Waals surface area contributed by atoms with Crippen LogP contribution in [0.25, 0.3) is 22.3 Å². The lowest BCUT2D eigenvalue weighted by Crippen LogP contribution is -2.29. The molecule has 1 heteroatoms. The minimum absolute atomic E-state index is 0.513. The fourth-order valence-electron chi connectivity index (χ4n) is 10.9. The minimum atomic E-state index is -0.513. The molecule has 11 rings (SSSR count). The summed E-state index contributed by atoms with van der Waals surface area (Å²) in [5, 5.41) is 0. The van der Waals surface area contributed by atoms with E-state index in [4.69, 9.17) is 0 Å². The molecule has 0 saturated heterocycles. The Bertz CT molecular complexity index is 2880. The number of rotatable bonds is 9. The van der Waals surface area contributed by atoms with E-state index >= 15 is 0 Å². The Morgan fingerprint density at radius 1 is 0.339 bits per heavy atom. The number of hydrogen-bond acceptors (Lipinski definition) is 1. The summed E-state index contributed by atoms with van der Waals surface area (Å²) in [5.74, 6) is 0. The monoisotopic (exact) mass is 795 g/mol. The van der Waals surface area contributed by atoms with Crippen LogP contribution < -0.4 is 4.90 Å². The summed E-state index contributed by atoms with van der Waals surface area (Å²) in [7, 11) is 0. The van der Waals surface area contributed by atoms with E-state index < -0.39 is 10.8 Å². The van der Waals surface area contributed by atoms with E-state index in [1.807, 2.05) is 0 Å². The molecule has 2 unspecified atom stereocenters. The molecule has 0 saturated carbocycles. The first-order valence-corrected chi connectivity index (χ1v) is 22.1. The molecule has 0 radical (unpaired) electrons. The van der Waals surface area contributed by atoms with Crippen molar-refractivity contribution in [3.8, 4) is 22.3 Å². The van der Waals surface area contributed by atoms with Crippen LogP contribution in [-0.4, -0.2) is 0 Å². The van der Waals surface area contributed by atoms with Crippen molar-refractivity contribution in [2.24, 2.45) is 0 Å². The third-order valence-corrected chi connectivity index (χ3v) is 13.7. The Morgan fingerprint density at radius 2 is 0.710 bits per heavy atom. The number of fused-ring (bicyclic) bond motifs is 6. The van der Waals surface area contributed by atoms with Gasteiger partial charge in [0, 0.05) is 17.1 Å². The first-order valence-electron chi connectivity index (χ1n) is 22.1. The van der Waals surface area contributed by atoms with E-state index in [0.29, 0.717) is 0 Å². The van der Waals surface area contributed by atoms with Gasteiger partial charge in [-0.3, -0.25) is 0 Å². The summed E-state index contributed by atoms with van der Waals surface area (Å²) < 4.78 is 0. The zero-order valence-corrected chi connectivity index (χ0v) is 35.6. The maximum Gasteiger partial charge on any atom is 0.0714 e. The fraction of sp³-hybridized carbons (Fsp3) is 0.115. The third kappa shape index (κ3) is 5.68. The van der Waals surface area contributed by atoms with Crippen molar-refractivity contribution in [2.45, 2.75) is 44.4 Å². The predicted molar refractivity (Wildman–Crippen MR) is 259 cm³/mol. The second-order valence-electron chi connectivity index (χ2n) is 17.3. The van der Waals surface area contributed by atoms with E-state index in [-0.39, 0.29) is 0 Å². The predicted octanol–water partition coefficient (Wildman–Crippen LogP) is 15.5. The fourth-order valence-corrected chi connectivity index (χ4v) is 10.9. The number of benzene rings is 9. The first kappa shape index (κ1) is 37.8. The van der Waals surface area contributed by atoms with Crippen LogP contribution in [0.15, 0.2) is 218 Å². The number of aryl methyl sites for hydroxylation is 3. The summed E-state index contributed by atoms with van der Waals surface area (Å²) in [6, 6.07) is 82.6. The SMILES string of the molecule is CCCc1ccc(N(c2ccc3c(c2)C(c2ccccc2)(c2ccc(C)cc2)c2ccccc2-3)c2ccc3c(c2)C(c2ccccc2)(c2ccc(C)cc2)c2ccccc2-3)cc1. The highest BCUT2D eigenvalue weighted by Crippen LogP contribution is 2.59. The van der Waals surface area contributed by atoms with Crippen molar-refractivity contribution in [1.82, 2.24) is 0 Å². The van der Waals surface area contributed by atoms with E-state index in [9.17, 15) is 0 Å². The van der Waals surface area contributed by atoms with Crippen LogP contribution in [0.3, 0.4) is 0 Å². The first-order chi connectivity index (χ1) is 30.5. The number of hydrogen-bond donors (Lipinski definition) is 0. The van der Waals surface area contributed by atoms with Gasteiger partial charge in [0.2, 0.25) is 0 Å². The molecule has 0 fully saturated rings. The van der Waals surface area contributed by atoms with Gasteiger partial charge in [-0.1, -0.05) is 206 Å². The number of nitrogens with zero attached hydrogens (tertiary/aromatic N) is 1. The average molecular weight is 796 g/mol. The van der Waals surface area contributed by atoms with Crippen LogP contribution in [0.2, 0.25) is 0 Å². The minimum Gasteiger partial charge on any atom is -0.310 e. The highest BCUT2D eigenvalue weighted by Gasteiger charge is 2.48. The van der Waals surface area contributed by atoms with Gasteiger partial charge < -0.3 is 4.90 Å². The molecule has 2 atom stereocenters. The average Bonchev–Trinajstić information content (AvgIpc) is 3.79. The summed E-state index contributed by atoms with van der Waals surface area (Å²) >= 11 is 0. The van der Waals surface area contributed by atoms with Gasteiger partial charge in [-0.25, -0.2) is 0 Å². The quantitative estimate of drug-likeness (QED) is 0.141. The van der Waals surface area contributed by atoms with Crippen molar-refractivity contribution in [3.63, 3.8) is 0 Å². The molecular weight excluding hydrogens is 747 g/mol. The molecule has 9 aromatic rings. The lowest BCUT2D eigenvalue weighted by molar-refractivity contribution is 0.767.